The van der Waals surface area contributed by atoms with E-state index in [1.807, 2.05) is 48.5 Å². The summed E-state index contributed by atoms with van der Waals surface area (Å²) in [5, 5.41) is 14.8. The Morgan fingerprint density at radius 3 is 2.38 bits per heavy atom. The molecule has 0 radical (unpaired) electrons. The van der Waals surface area contributed by atoms with E-state index in [4.69, 9.17) is 4.74 Å². The first-order valence-electron chi connectivity index (χ1n) is 7.80. The minimum absolute atomic E-state index is 0.00403. The Morgan fingerprint density at radius 1 is 1.04 bits per heavy atom. The van der Waals surface area contributed by atoms with E-state index in [0.29, 0.717) is 18.5 Å². The van der Waals surface area contributed by atoms with Crippen molar-refractivity contribution >= 4 is 16.7 Å². The van der Waals surface area contributed by atoms with Crippen LogP contribution < -0.4 is 10.1 Å². The molecule has 24 heavy (non-hydrogen) atoms. The molecule has 0 unspecified atom stereocenters. The molecule has 4 nitrogen and oxygen atoms in total. The molecule has 4 heteroatoms. The van der Waals surface area contributed by atoms with Gasteiger partial charge in [0.15, 0.2) is 0 Å². The van der Waals surface area contributed by atoms with Gasteiger partial charge in [0.25, 0.3) is 5.91 Å². The lowest BCUT2D eigenvalue weighted by molar-refractivity contribution is 0.0951. The standard InChI is InChI=1S/C20H19NO3/c1-24-17-8-6-14(7-9-17)10-11-21-20(23)18-12-15-4-2-3-5-16(15)13-19(18)22/h2-9,12-13,22H,10-11H2,1H3,(H,21,23). The molecular formula is C20H19NO3. The number of hydrogen-bond donors (Lipinski definition) is 2. The van der Waals surface area contributed by atoms with Crippen LogP contribution in [0.1, 0.15) is 15.9 Å². The number of ether oxygens (including phenoxy) is 1. The molecule has 2 N–H and O–H groups in total. The topological polar surface area (TPSA) is 58.6 Å². The summed E-state index contributed by atoms with van der Waals surface area (Å²) in [5.74, 6) is 0.534. The zero-order valence-electron chi connectivity index (χ0n) is 13.5. The van der Waals surface area contributed by atoms with Gasteiger partial charge in [0.05, 0.1) is 12.7 Å². The lowest BCUT2D eigenvalue weighted by atomic mass is 10.1. The molecule has 3 aromatic rings. The lowest BCUT2D eigenvalue weighted by Gasteiger charge is -2.09. The fourth-order valence-corrected chi connectivity index (χ4v) is 2.62. The fraction of sp³-hybridized carbons (Fsp3) is 0.150. The van der Waals surface area contributed by atoms with Crippen molar-refractivity contribution in [2.75, 3.05) is 13.7 Å². The van der Waals surface area contributed by atoms with Crippen molar-refractivity contribution in [1.29, 1.82) is 0 Å². The highest BCUT2D eigenvalue weighted by Gasteiger charge is 2.12. The van der Waals surface area contributed by atoms with Crippen LogP contribution in [0, 0.1) is 0 Å². The molecule has 0 bridgehead atoms. The van der Waals surface area contributed by atoms with Crippen molar-refractivity contribution < 1.29 is 14.6 Å². The zero-order valence-corrected chi connectivity index (χ0v) is 13.5. The minimum atomic E-state index is -0.272. The molecule has 0 aliphatic heterocycles. The molecule has 0 saturated heterocycles. The number of benzene rings is 3. The van der Waals surface area contributed by atoms with Crippen LogP contribution in [0.2, 0.25) is 0 Å². The van der Waals surface area contributed by atoms with Crippen molar-refractivity contribution in [2.24, 2.45) is 0 Å². The molecule has 3 rings (SSSR count). The van der Waals surface area contributed by atoms with Gasteiger partial charge in [-0.25, -0.2) is 0 Å². The van der Waals surface area contributed by atoms with E-state index in [1.54, 1.807) is 19.2 Å². The number of hydrogen-bond acceptors (Lipinski definition) is 3. The SMILES string of the molecule is COc1ccc(CCNC(=O)c2cc3ccccc3cc2O)cc1. The van der Waals surface area contributed by atoms with E-state index in [9.17, 15) is 9.90 Å². The molecule has 3 aromatic carbocycles. The van der Waals surface area contributed by atoms with Crippen LogP contribution in [0.5, 0.6) is 11.5 Å². The number of phenolic OH excluding ortho intramolecular Hbond substituents is 1. The molecule has 0 fully saturated rings. The number of aromatic hydroxyl groups is 1. The Balaban J connectivity index is 1.65. The van der Waals surface area contributed by atoms with E-state index in [2.05, 4.69) is 5.32 Å². The maximum absolute atomic E-state index is 12.3. The van der Waals surface area contributed by atoms with Gasteiger partial charge in [-0.3, -0.25) is 4.79 Å². The van der Waals surface area contributed by atoms with Gasteiger partial charge in [0.1, 0.15) is 11.5 Å². The van der Waals surface area contributed by atoms with Gasteiger partial charge in [-0.15, -0.1) is 0 Å². The quantitative estimate of drug-likeness (QED) is 0.756. The number of fused-ring (bicyclic) bond motifs is 1. The van der Waals surface area contributed by atoms with Gasteiger partial charge >= 0.3 is 0 Å². The van der Waals surface area contributed by atoms with Gasteiger partial charge in [-0.1, -0.05) is 36.4 Å². The number of carbonyl (C=O) groups excluding carboxylic acids is 1. The summed E-state index contributed by atoms with van der Waals surface area (Å²) in [6.45, 7) is 0.497. The minimum Gasteiger partial charge on any atom is -0.507 e. The summed E-state index contributed by atoms with van der Waals surface area (Å²) >= 11 is 0. The van der Waals surface area contributed by atoms with Crippen LogP contribution in [0.25, 0.3) is 10.8 Å². The van der Waals surface area contributed by atoms with E-state index in [1.165, 1.54) is 0 Å². The summed E-state index contributed by atoms with van der Waals surface area (Å²) < 4.78 is 5.12. The van der Waals surface area contributed by atoms with Crippen LogP contribution in [-0.4, -0.2) is 24.7 Å². The highest BCUT2D eigenvalue weighted by Crippen LogP contribution is 2.24. The third-order valence-electron chi connectivity index (χ3n) is 3.97. The molecule has 1 amide bonds. The van der Waals surface area contributed by atoms with Crippen molar-refractivity contribution in [2.45, 2.75) is 6.42 Å². The second-order valence-electron chi connectivity index (χ2n) is 5.57. The van der Waals surface area contributed by atoms with Gasteiger partial charge < -0.3 is 15.2 Å². The van der Waals surface area contributed by atoms with E-state index >= 15 is 0 Å². The van der Waals surface area contributed by atoms with Gasteiger partial charge in [-0.2, -0.15) is 0 Å². The Labute approximate surface area is 140 Å². The first-order valence-corrected chi connectivity index (χ1v) is 7.80. The molecule has 0 aromatic heterocycles. The predicted molar refractivity (Wildman–Crippen MR) is 94.6 cm³/mol. The second kappa shape index (κ2) is 7.04. The maximum atomic E-state index is 12.3. The van der Waals surface area contributed by atoms with Crippen LogP contribution in [0.15, 0.2) is 60.7 Å². The first kappa shape index (κ1) is 15.9. The second-order valence-corrected chi connectivity index (χ2v) is 5.57. The molecule has 122 valence electrons. The normalized spacial score (nSPS) is 10.5. The monoisotopic (exact) mass is 321 g/mol. The molecule has 0 aliphatic carbocycles. The van der Waals surface area contributed by atoms with Gasteiger partial charge in [-0.05, 0) is 47.0 Å². The van der Waals surface area contributed by atoms with Crippen molar-refractivity contribution in [3.05, 3.63) is 71.8 Å². The average Bonchev–Trinajstić information content (AvgIpc) is 2.61. The Bertz CT molecular complexity index is 856. The number of phenols is 1. The predicted octanol–water partition coefficient (Wildman–Crippen LogP) is 3.53. The van der Waals surface area contributed by atoms with Gasteiger partial charge in [0, 0.05) is 6.54 Å². The third kappa shape index (κ3) is 3.49. The lowest BCUT2D eigenvalue weighted by Crippen LogP contribution is -2.25. The summed E-state index contributed by atoms with van der Waals surface area (Å²) in [5.41, 5.74) is 1.40. The van der Waals surface area contributed by atoms with Crippen LogP contribution >= 0.6 is 0 Å². The molecule has 0 heterocycles. The summed E-state index contributed by atoms with van der Waals surface area (Å²) in [7, 11) is 1.63. The molecular weight excluding hydrogens is 302 g/mol. The maximum Gasteiger partial charge on any atom is 0.255 e. The van der Waals surface area contributed by atoms with Crippen molar-refractivity contribution in [3.8, 4) is 11.5 Å². The van der Waals surface area contributed by atoms with Crippen LogP contribution in [-0.2, 0) is 6.42 Å². The average molecular weight is 321 g/mol. The molecule has 0 atom stereocenters. The number of rotatable bonds is 5. The highest BCUT2D eigenvalue weighted by atomic mass is 16.5. The van der Waals surface area contributed by atoms with E-state index in [0.717, 1.165) is 22.1 Å². The molecule has 0 saturated carbocycles. The van der Waals surface area contributed by atoms with Gasteiger partial charge in [0.2, 0.25) is 0 Å². The van der Waals surface area contributed by atoms with E-state index in [-0.39, 0.29) is 11.7 Å². The Morgan fingerprint density at radius 2 is 1.71 bits per heavy atom. The van der Waals surface area contributed by atoms with E-state index < -0.39 is 0 Å². The van der Waals surface area contributed by atoms with Crippen molar-refractivity contribution in [3.63, 3.8) is 0 Å². The fourth-order valence-electron chi connectivity index (χ4n) is 2.62. The largest absolute Gasteiger partial charge is 0.507 e. The van der Waals surface area contributed by atoms with Crippen molar-refractivity contribution in [1.82, 2.24) is 5.32 Å². The summed E-state index contributed by atoms with van der Waals surface area (Å²) in [4.78, 5) is 12.3. The smallest absolute Gasteiger partial charge is 0.255 e. The summed E-state index contributed by atoms with van der Waals surface area (Å²) in [6, 6.07) is 18.7. The third-order valence-corrected chi connectivity index (χ3v) is 3.97. The molecule has 0 aliphatic rings. The number of nitrogens with one attached hydrogen (secondary N) is 1. The number of carbonyl (C=O) groups is 1. The molecule has 0 spiro atoms. The Kier molecular flexibility index (Phi) is 4.66. The highest BCUT2D eigenvalue weighted by molar-refractivity contribution is 6.01. The summed E-state index contributed by atoms with van der Waals surface area (Å²) in [6.07, 6.45) is 0.712. The zero-order chi connectivity index (χ0) is 16.9. The van der Waals surface area contributed by atoms with Crippen LogP contribution in [0.4, 0.5) is 0 Å². The number of amides is 1. The first-order chi connectivity index (χ1) is 11.7. The van der Waals surface area contributed by atoms with Crippen LogP contribution in [0.3, 0.4) is 0 Å². The number of methoxy groups -OCH3 is 1. The Hall–Kier alpha value is -3.01.